The lowest BCUT2D eigenvalue weighted by molar-refractivity contribution is -0.154. The van der Waals surface area contributed by atoms with Crippen LogP contribution in [0.25, 0.3) is 0 Å². The van der Waals surface area contributed by atoms with Crippen LogP contribution >= 0.6 is 11.6 Å². The number of ether oxygens (including phenoxy) is 1. The Morgan fingerprint density at radius 1 is 1.21 bits per heavy atom. The van der Waals surface area contributed by atoms with Crippen LogP contribution < -0.4 is 0 Å². The molecule has 0 aliphatic heterocycles. The van der Waals surface area contributed by atoms with Crippen LogP contribution in [0.4, 0.5) is 0 Å². The molecule has 0 aromatic carbocycles. The molecule has 1 heterocycles. The third-order valence-electron chi connectivity index (χ3n) is 2.44. The SMILES string of the molecule is CC(C)(C)OC(=O)CCCCCc1cnc(Cl)nc1. The quantitative estimate of drug-likeness (QED) is 0.455. The average molecular weight is 285 g/mol. The summed E-state index contributed by atoms with van der Waals surface area (Å²) < 4.78 is 5.24. The summed E-state index contributed by atoms with van der Waals surface area (Å²) in [6, 6.07) is 0. The number of hydrogen-bond donors (Lipinski definition) is 0. The molecule has 0 fully saturated rings. The normalized spacial score (nSPS) is 11.4. The molecular weight excluding hydrogens is 264 g/mol. The standard InChI is InChI=1S/C14H21ClN2O2/c1-14(2,3)19-12(18)8-6-4-5-7-11-9-16-13(15)17-10-11/h9-10H,4-8H2,1-3H3. The van der Waals surface area contributed by atoms with Gasteiger partial charge in [0.2, 0.25) is 5.28 Å². The van der Waals surface area contributed by atoms with E-state index in [0.717, 1.165) is 31.2 Å². The van der Waals surface area contributed by atoms with Crippen LogP contribution in [0.15, 0.2) is 12.4 Å². The second-order valence-electron chi connectivity index (χ2n) is 5.51. The third-order valence-corrected chi connectivity index (χ3v) is 2.64. The number of esters is 1. The summed E-state index contributed by atoms with van der Waals surface area (Å²) in [6.07, 6.45) is 7.71. The summed E-state index contributed by atoms with van der Waals surface area (Å²) in [5.74, 6) is -0.123. The van der Waals surface area contributed by atoms with Crippen molar-refractivity contribution in [1.82, 2.24) is 9.97 Å². The minimum Gasteiger partial charge on any atom is -0.460 e. The number of nitrogens with zero attached hydrogens (tertiary/aromatic N) is 2. The molecule has 0 unspecified atom stereocenters. The van der Waals surface area contributed by atoms with Crippen LogP contribution in [0.1, 0.15) is 52.0 Å². The van der Waals surface area contributed by atoms with Crippen molar-refractivity contribution < 1.29 is 9.53 Å². The molecule has 1 rings (SSSR count). The van der Waals surface area contributed by atoms with E-state index in [1.807, 2.05) is 20.8 Å². The Balaban J connectivity index is 2.11. The lowest BCUT2D eigenvalue weighted by Crippen LogP contribution is -2.23. The van der Waals surface area contributed by atoms with Gasteiger partial charge in [-0.25, -0.2) is 9.97 Å². The molecule has 0 aliphatic carbocycles. The van der Waals surface area contributed by atoms with E-state index in [1.54, 1.807) is 12.4 Å². The fraction of sp³-hybridized carbons (Fsp3) is 0.643. The minimum atomic E-state index is -0.391. The number of aromatic nitrogens is 2. The van der Waals surface area contributed by atoms with Gasteiger partial charge < -0.3 is 4.74 Å². The Morgan fingerprint density at radius 3 is 2.42 bits per heavy atom. The zero-order valence-corrected chi connectivity index (χ0v) is 12.5. The second kappa shape index (κ2) is 7.43. The molecule has 0 bridgehead atoms. The van der Waals surface area contributed by atoms with E-state index >= 15 is 0 Å². The van der Waals surface area contributed by atoms with Gasteiger partial charge in [0.05, 0.1) is 0 Å². The van der Waals surface area contributed by atoms with Crippen LogP contribution in [0.2, 0.25) is 5.28 Å². The Labute approximate surface area is 119 Å². The van der Waals surface area contributed by atoms with Gasteiger partial charge in [-0.05, 0) is 57.2 Å². The molecule has 106 valence electrons. The number of carbonyl (C=O) groups excluding carboxylic acids is 1. The average Bonchev–Trinajstić information content (AvgIpc) is 2.29. The van der Waals surface area contributed by atoms with Crippen LogP contribution in [0, 0.1) is 0 Å². The highest BCUT2D eigenvalue weighted by atomic mass is 35.5. The van der Waals surface area contributed by atoms with Crippen LogP contribution in [-0.2, 0) is 16.0 Å². The highest BCUT2D eigenvalue weighted by Crippen LogP contribution is 2.12. The Kier molecular flexibility index (Phi) is 6.22. The fourth-order valence-corrected chi connectivity index (χ4v) is 1.73. The van der Waals surface area contributed by atoms with E-state index in [4.69, 9.17) is 16.3 Å². The van der Waals surface area contributed by atoms with Crippen molar-refractivity contribution >= 4 is 17.6 Å². The van der Waals surface area contributed by atoms with Crippen molar-refractivity contribution in [2.45, 2.75) is 58.5 Å². The highest BCUT2D eigenvalue weighted by molar-refractivity contribution is 6.28. The van der Waals surface area contributed by atoms with Gasteiger partial charge >= 0.3 is 5.97 Å². The molecule has 0 amide bonds. The van der Waals surface area contributed by atoms with Crippen molar-refractivity contribution in [1.29, 1.82) is 0 Å². The second-order valence-corrected chi connectivity index (χ2v) is 5.85. The molecule has 19 heavy (non-hydrogen) atoms. The van der Waals surface area contributed by atoms with Gasteiger partial charge in [-0.3, -0.25) is 4.79 Å². The van der Waals surface area contributed by atoms with E-state index in [-0.39, 0.29) is 11.3 Å². The first-order valence-corrected chi connectivity index (χ1v) is 6.93. The smallest absolute Gasteiger partial charge is 0.306 e. The predicted octanol–water partition coefficient (Wildman–Crippen LogP) is 3.57. The number of hydrogen-bond acceptors (Lipinski definition) is 4. The summed E-state index contributed by atoms with van der Waals surface area (Å²) >= 11 is 5.61. The summed E-state index contributed by atoms with van der Waals surface area (Å²) in [7, 11) is 0. The maximum absolute atomic E-state index is 11.5. The zero-order valence-electron chi connectivity index (χ0n) is 11.8. The number of rotatable bonds is 6. The monoisotopic (exact) mass is 284 g/mol. The highest BCUT2D eigenvalue weighted by Gasteiger charge is 2.15. The van der Waals surface area contributed by atoms with Gasteiger partial charge in [0, 0.05) is 18.8 Å². The summed E-state index contributed by atoms with van der Waals surface area (Å²) in [5.41, 5.74) is 0.680. The number of halogens is 1. The molecule has 0 N–H and O–H groups in total. The largest absolute Gasteiger partial charge is 0.460 e. The molecule has 0 spiro atoms. The first-order chi connectivity index (χ1) is 8.87. The maximum atomic E-state index is 11.5. The summed E-state index contributed by atoms with van der Waals surface area (Å²) in [5, 5.41) is 0.272. The van der Waals surface area contributed by atoms with E-state index in [0.29, 0.717) is 6.42 Å². The molecule has 1 aromatic heterocycles. The Hall–Kier alpha value is -1.16. The van der Waals surface area contributed by atoms with Crippen molar-refractivity contribution in [3.63, 3.8) is 0 Å². The molecule has 0 saturated heterocycles. The van der Waals surface area contributed by atoms with E-state index in [2.05, 4.69) is 9.97 Å². The van der Waals surface area contributed by atoms with Crippen molar-refractivity contribution in [3.05, 3.63) is 23.2 Å². The van der Waals surface area contributed by atoms with E-state index in [9.17, 15) is 4.79 Å². The number of carbonyl (C=O) groups is 1. The van der Waals surface area contributed by atoms with Crippen LogP contribution in [0.3, 0.4) is 0 Å². The zero-order chi connectivity index (χ0) is 14.3. The first kappa shape index (κ1) is 15.9. The van der Waals surface area contributed by atoms with Crippen LogP contribution in [-0.4, -0.2) is 21.5 Å². The molecule has 0 saturated carbocycles. The van der Waals surface area contributed by atoms with Gasteiger partial charge in [-0.1, -0.05) is 6.42 Å². The predicted molar refractivity (Wildman–Crippen MR) is 75.1 cm³/mol. The fourth-order valence-electron chi connectivity index (χ4n) is 1.64. The topological polar surface area (TPSA) is 52.1 Å². The lowest BCUT2D eigenvalue weighted by atomic mass is 10.1. The van der Waals surface area contributed by atoms with Crippen LogP contribution in [0.5, 0.6) is 0 Å². The molecule has 0 aliphatic rings. The van der Waals surface area contributed by atoms with Gasteiger partial charge in [0.15, 0.2) is 0 Å². The summed E-state index contributed by atoms with van der Waals surface area (Å²) in [6.45, 7) is 5.64. The Bertz CT molecular complexity index is 399. The molecular formula is C14H21ClN2O2. The van der Waals surface area contributed by atoms with Gasteiger partial charge in [-0.2, -0.15) is 0 Å². The third kappa shape index (κ3) is 7.78. The summed E-state index contributed by atoms with van der Waals surface area (Å²) in [4.78, 5) is 19.3. The van der Waals surface area contributed by atoms with E-state index in [1.165, 1.54) is 0 Å². The molecule has 4 nitrogen and oxygen atoms in total. The van der Waals surface area contributed by atoms with Gasteiger partial charge in [-0.15, -0.1) is 0 Å². The lowest BCUT2D eigenvalue weighted by Gasteiger charge is -2.19. The first-order valence-electron chi connectivity index (χ1n) is 6.55. The van der Waals surface area contributed by atoms with Crippen molar-refractivity contribution in [2.24, 2.45) is 0 Å². The molecule has 0 atom stereocenters. The van der Waals surface area contributed by atoms with Crippen molar-refractivity contribution in [3.8, 4) is 0 Å². The number of aryl methyl sites for hydroxylation is 1. The molecule has 5 heteroatoms. The maximum Gasteiger partial charge on any atom is 0.306 e. The van der Waals surface area contributed by atoms with Gasteiger partial charge in [0.1, 0.15) is 5.60 Å². The van der Waals surface area contributed by atoms with Crippen molar-refractivity contribution in [2.75, 3.05) is 0 Å². The number of unbranched alkanes of at least 4 members (excludes halogenated alkanes) is 2. The molecule has 1 aromatic rings. The van der Waals surface area contributed by atoms with Gasteiger partial charge in [0.25, 0.3) is 0 Å². The minimum absolute atomic E-state index is 0.123. The molecule has 0 radical (unpaired) electrons. The Morgan fingerprint density at radius 2 is 1.84 bits per heavy atom. The van der Waals surface area contributed by atoms with E-state index < -0.39 is 5.60 Å².